The maximum absolute atomic E-state index is 12.5. The normalized spacial score (nSPS) is 12.5. The third kappa shape index (κ3) is 49.8. The van der Waals surface area contributed by atoms with Crippen molar-refractivity contribution in [2.75, 3.05) is 66.7 Å². The molecule has 0 spiro atoms. The molecule has 2 atom stereocenters. The van der Waals surface area contributed by atoms with E-state index in [1.807, 2.05) is 7.11 Å². The molecule has 0 radical (unpaired) electrons. The highest BCUT2D eigenvalue weighted by Gasteiger charge is 2.13. The summed E-state index contributed by atoms with van der Waals surface area (Å²) in [6.45, 7) is 16.4. The van der Waals surface area contributed by atoms with Crippen molar-refractivity contribution >= 4 is 12.3 Å². The van der Waals surface area contributed by atoms with E-state index in [0.717, 1.165) is 103 Å². The molecule has 0 amide bonds. The van der Waals surface area contributed by atoms with Crippen molar-refractivity contribution in [2.24, 2.45) is 11.8 Å². The van der Waals surface area contributed by atoms with Crippen LogP contribution in [-0.2, 0) is 19.1 Å². The number of carbonyl (C=O) groups excluding carboxylic acids is 2. The Morgan fingerprint density at radius 3 is 1.39 bits per heavy atom. The SMILES string of the molecule is CCCCCCCCC(CCCCCC)COC.CCCCCCCCC(CCCCCC)COC(=O)CCCCCN(CCCCCC=O)CCN(C)CCCCCCO. The minimum Gasteiger partial charge on any atom is -0.465 e. The van der Waals surface area contributed by atoms with Gasteiger partial charge in [0.05, 0.1) is 6.61 Å². The lowest BCUT2D eigenvalue weighted by Gasteiger charge is -2.25. The molecular weight excluding hydrogens is 757 g/mol. The Kier molecular flexibility index (Phi) is 54.3. The lowest BCUT2D eigenvalue weighted by molar-refractivity contribution is -0.145. The van der Waals surface area contributed by atoms with Gasteiger partial charge in [-0.25, -0.2) is 0 Å². The van der Waals surface area contributed by atoms with Crippen LogP contribution in [0, 0.1) is 11.8 Å². The van der Waals surface area contributed by atoms with E-state index >= 15 is 0 Å². The highest BCUT2D eigenvalue weighted by Crippen LogP contribution is 2.21. The zero-order valence-electron chi connectivity index (χ0n) is 42.3. The van der Waals surface area contributed by atoms with E-state index in [1.165, 1.54) is 167 Å². The van der Waals surface area contributed by atoms with E-state index in [0.29, 0.717) is 32.0 Å². The molecule has 0 saturated heterocycles. The van der Waals surface area contributed by atoms with Gasteiger partial charge in [-0.15, -0.1) is 0 Å². The van der Waals surface area contributed by atoms with Crippen LogP contribution in [0.5, 0.6) is 0 Å². The van der Waals surface area contributed by atoms with Crippen molar-refractivity contribution in [1.82, 2.24) is 9.80 Å². The molecule has 0 aromatic heterocycles. The molecular formula is C54H110N2O5. The maximum atomic E-state index is 12.5. The quantitative estimate of drug-likeness (QED) is 0.0371. The Balaban J connectivity index is 0. The molecule has 0 heterocycles. The predicted octanol–water partition coefficient (Wildman–Crippen LogP) is 14.9. The Hall–Kier alpha value is -1.02. The van der Waals surface area contributed by atoms with Gasteiger partial charge in [0.25, 0.3) is 0 Å². The van der Waals surface area contributed by atoms with Crippen LogP contribution in [0.15, 0.2) is 0 Å². The number of aliphatic hydroxyl groups is 1. The molecule has 7 heteroatoms. The largest absolute Gasteiger partial charge is 0.465 e. The summed E-state index contributed by atoms with van der Waals surface area (Å²) in [7, 11) is 4.06. The third-order valence-corrected chi connectivity index (χ3v) is 12.6. The highest BCUT2D eigenvalue weighted by molar-refractivity contribution is 5.69. The summed E-state index contributed by atoms with van der Waals surface area (Å²) in [4.78, 5) is 28.2. The molecule has 0 fully saturated rings. The second-order valence-corrected chi connectivity index (χ2v) is 18.8. The summed E-state index contributed by atoms with van der Waals surface area (Å²) in [5.41, 5.74) is 0. The summed E-state index contributed by atoms with van der Waals surface area (Å²) in [5.74, 6) is 1.35. The molecule has 61 heavy (non-hydrogen) atoms. The van der Waals surface area contributed by atoms with Crippen LogP contribution >= 0.6 is 0 Å². The number of hydrogen-bond donors (Lipinski definition) is 1. The topological polar surface area (TPSA) is 79.3 Å². The van der Waals surface area contributed by atoms with Crippen molar-refractivity contribution in [3.63, 3.8) is 0 Å². The predicted molar refractivity (Wildman–Crippen MR) is 266 cm³/mol. The standard InChI is InChI=1S/C37H74N2O4.C17H36O/c1-4-6-8-10-11-18-26-36(25-17-9-7-5-2)35-43-37(42)27-19-16-22-30-39(29-21-13-15-24-34-41)32-31-38(3)28-20-12-14-23-33-40;1-4-6-8-10-11-13-15-17(16-18-3)14-12-9-7-5-2/h34,36,40H,4-33,35H2,1-3H3;17H,4-16H2,1-3H3. The van der Waals surface area contributed by atoms with Crippen LogP contribution in [0.25, 0.3) is 0 Å². The first-order valence-electron chi connectivity index (χ1n) is 27.0. The highest BCUT2D eigenvalue weighted by atomic mass is 16.5. The van der Waals surface area contributed by atoms with Gasteiger partial charge in [0.1, 0.15) is 6.29 Å². The van der Waals surface area contributed by atoms with Gasteiger partial charge in [-0.05, 0) is 103 Å². The van der Waals surface area contributed by atoms with Gasteiger partial charge < -0.3 is 29.2 Å². The Bertz CT molecular complexity index is 844. The maximum Gasteiger partial charge on any atom is 0.305 e. The van der Waals surface area contributed by atoms with Gasteiger partial charge in [0.2, 0.25) is 0 Å². The van der Waals surface area contributed by atoms with E-state index in [-0.39, 0.29) is 5.97 Å². The van der Waals surface area contributed by atoms with Crippen molar-refractivity contribution in [3.8, 4) is 0 Å². The first-order valence-corrected chi connectivity index (χ1v) is 27.0. The van der Waals surface area contributed by atoms with Crippen molar-refractivity contribution in [3.05, 3.63) is 0 Å². The van der Waals surface area contributed by atoms with Crippen molar-refractivity contribution < 1.29 is 24.2 Å². The number of nitrogens with zero attached hydrogens (tertiary/aromatic N) is 2. The summed E-state index contributed by atoms with van der Waals surface area (Å²) in [6.07, 6.45) is 45.2. The Morgan fingerprint density at radius 1 is 0.492 bits per heavy atom. The van der Waals surface area contributed by atoms with Gasteiger partial charge >= 0.3 is 5.97 Å². The van der Waals surface area contributed by atoms with Crippen molar-refractivity contribution in [1.29, 1.82) is 0 Å². The lowest BCUT2D eigenvalue weighted by atomic mass is 9.95. The number of aldehydes is 1. The lowest BCUT2D eigenvalue weighted by Crippen LogP contribution is -2.35. The molecule has 0 aromatic carbocycles. The minimum atomic E-state index is -0.00542. The molecule has 0 rings (SSSR count). The van der Waals surface area contributed by atoms with E-state index in [1.54, 1.807) is 0 Å². The second-order valence-electron chi connectivity index (χ2n) is 18.8. The Morgan fingerprint density at radius 2 is 0.902 bits per heavy atom. The number of esters is 1. The van der Waals surface area contributed by atoms with Crippen molar-refractivity contribution in [2.45, 2.75) is 259 Å². The van der Waals surface area contributed by atoms with E-state index in [2.05, 4.69) is 44.5 Å². The summed E-state index contributed by atoms with van der Waals surface area (Å²) >= 11 is 0. The van der Waals surface area contributed by atoms with E-state index in [9.17, 15) is 9.59 Å². The van der Waals surface area contributed by atoms with Gasteiger partial charge in [0.15, 0.2) is 0 Å². The number of unbranched alkanes of at least 4 members (excludes halogenated alkanes) is 24. The summed E-state index contributed by atoms with van der Waals surface area (Å²) in [5, 5.41) is 8.95. The monoisotopic (exact) mass is 867 g/mol. The molecule has 0 bridgehead atoms. The molecule has 366 valence electrons. The van der Waals surface area contributed by atoms with Gasteiger partial charge in [0, 0.05) is 46.3 Å². The van der Waals surface area contributed by atoms with Crippen LogP contribution in [-0.4, -0.2) is 93.9 Å². The second kappa shape index (κ2) is 53.3. The number of likely N-dealkylation sites (N-methyl/N-ethyl adjacent to an activating group) is 1. The fraction of sp³-hybridized carbons (Fsp3) is 0.963. The molecule has 0 saturated carbocycles. The zero-order chi connectivity index (χ0) is 45.1. The Labute approximate surface area is 382 Å². The number of aliphatic hydroxyl groups excluding tert-OH is 1. The van der Waals surface area contributed by atoms with Gasteiger partial charge in [-0.3, -0.25) is 4.79 Å². The minimum absolute atomic E-state index is 0.00542. The molecule has 0 aliphatic heterocycles. The van der Waals surface area contributed by atoms with E-state index < -0.39 is 0 Å². The van der Waals surface area contributed by atoms with Crippen LogP contribution in [0.3, 0.4) is 0 Å². The molecule has 0 aromatic rings. The molecule has 7 nitrogen and oxygen atoms in total. The fourth-order valence-electron chi connectivity index (χ4n) is 8.41. The summed E-state index contributed by atoms with van der Waals surface area (Å²) < 4.78 is 11.2. The molecule has 1 N–H and O–H groups in total. The fourth-order valence-corrected chi connectivity index (χ4v) is 8.41. The number of rotatable bonds is 49. The third-order valence-electron chi connectivity index (χ3n) is 12.6. The number of carbonyl (C=O) groups is 2. The molecule has 2 unspecified atom stereocenters. The number of methoxy groups -OCH3 is 1. The average molecular weight is 867 g/mol. The number of ether oxygens (including phenoxy) is 2. The van der Waals surface area contributed by atoms with Crippen LogP contribution < -0.4 is 0 Å². The van der Waals surface area contributed by atoms with Crippen LogP contribution in [0.4, 0.5) is 0 Å². The molecule has 0 aliphatic carbocycles. The summed E-state index contributed by atoms with van der Waals surface area (Å²) in [6, 6.07) is 0. The number of hydrogen-bond acceptors (Lipinski definition) is 7. The zero-order valence-corrected chi connectivity index (χ0v) is 42.3. The van der Waals surface area contributed by atoms with Crippen LogP contribution in [0.1, 0.15) is 259 Å². The van der Waals surface area contributed by atoms with Gasteiger partial charge in [-0.2, -0.15) is 0 Å². The smallest absolute Gasteiger partial charge is 0.305 e. The first kappa shape index (κ1) is 62.1. The molecule has 0 aliphatic rings. The van der Waals surface area contributed by atoms with Gasteiger partial charge in [-0.1, -0.05) is 182 Å². The van der Waals surface area contributed by atoms with Crippen LogP contribution in [0.2, 0.25) is 0 Å². The average Bonchev–Trinajstić information content (AvgIpc) is 3.26. The van der Waals surface area contributed by atoms with E-state index in [4.69, 9.17) is 14.6 Å². The first-order chi connectivity index (χ1) is 29.9.